The van der Waals surface area contributed by atoms with Gasteiger partial charge in [0.1, 0.15) is 0 Å². The van der Waals surface area contributed by atoms with E-state index in [0.717, 1.165) is 5.56 Å². The van der Waals surface area contributed by atoms with Crippen LogP contribution >= 0.6 is 34.5 Å². The fourth-order valence-corrected chi connectivity index (χ4v) is 5.07. The number of amides is 1. The summed E-state index contributed by atoms with van der Waals surface area (Å²) in [6.07, 6.45) is 0.312. The molecular formula is C19H16Cl2N2O3S2. The van der Waals surface area contributed by atoms with E-state index in [4.69, 9.17) is 23.2 Å². The van der Waals surface area contributed by atoms with Gasteiger partial charge >= 0.3 is 0 Å². The summed E-state index contributed by atoms with van der Waals surface area (Å²) in [4.78, 5) is 16.7. The van der Waals surface area contributed by atoms with Crippen molar-refractivity contribution in [3.8, 4) is 11.3 Å². The molecule has 0 atom stereocenters. The molecule has 0 aliphatic rings. The molecule has 146 valence electrons. The number of halogens is 2. The molecule has 0 radical (unpaired) electrons. The monoisotopic (exact) mass is 454 g/mol. The average Bonchev–Trinajstić information content (AvgIpc) is 3.10. The smallest absolute Gasteiger partial charge is 0.226 e. The van der Waals surface area contributed by atoms with Crippen molar-refractivity contribution >= 4 is 55.4 Å². The van der Waals surface area contributed by atoms with Crippen LogP contribution in [-0.4, -0.2) is 25.1 Å². The van der Waals surface area contributed by atoms with E-state index in [1.54, 1.807) is 53.9 Å². The molecule has 1 aromatic heterocycles. The molecule has 0 spiro atoms. The fraction of sp³-hybridized carbons (Fsp3) is 0.158. The summed E-state index contributed by atoms with van der Waals surface area (Å²) in [6, 6.07) is 13.3. The Hall–Kier alpha value is -1.93. The summed E-state index contributed by atoms with van der Waals surface area (Å²) in [5, 5.41) is 5.91. The van der Waals surface area contributed by atoms with Gasteiger partial charge in [0.2, 0.25) is 5.91 Å². The second kappa shape index (κ2) is 9.05. The predicted octanol–water partition coefficient (Wildman–Crippen LogP) is 5.31. The Bertz CT molecular complexity index is 1080. The second-order valence-corrected chi connectivity index (χ2v) is 9.76. The van der Waals surface area contributed by atoms with Gasteiger partial charge in [-0.05, 0) is 36.8 Å². The minimum Gasteiger partial charge on any atom is -0.302 e. The Morgan fingerprint density at radius 3 is 2.57 bits per heavy atom. The molecule has 0 bridgehead atoms. The molecule has 0 unspecified atom stereocenters. The standard InChI is InChI=1S/C19H16Cl2N2O3S2/c20-13-8-9-15(16(21)11-13)17-12-27-19(22-17)23-18(24)7-4-10-28(25,26)14-5-2-1-3-6-14/h1-3,5-6,8-9,11-12H,4,7,10H2,(H,22,23,24). The van der Waals surface area contributed by atoms with Gasteiger partial charge in [0, 0.05) is 22.4 Å². The molecule has 9 heteroatoms. The number of thiazole rings is 1. The van der Waals surface area contributed by atoms with Gasteiger partial charge in [-0.25, -0.2) is 13.4 Å². The van der Waals surface area contributed by atoms with Crippen molar-refractivity contribution in [3.05, 3.63) is 64.0 Å². The third-order valence-corrected chi connectivity index (χ3v) is 7.00. The van der Waals surface area contributed by atoms with Crippen LogP contribution in [0.25, 0.3) is 11.3 Å². The van der Waals surface area contributed by atoms with Gasteiger partial charge in [-0.2, -0.15) is 0 Å². The zero-order chi connectivity index (χ0) is 20.1. The molecule has 1 amide bonds. The molecule has 0 aliphatic carbocycles. The number of nitrogens with one attached hydrogen (secondary N) is 1. The summed E-state index contributed by atoms with van der Waals surface area (Å²) in [6.45, 7) is 0. The van der Waals surface area contributed by atoms with Gasteiger partial charge in [-0.15, -0.1) is 11.3 Å². The van der Waals surface area contributed by atoms with Crippen LogP contribution in [0.1, 0.15) is 12.8 Å². The third-order valence-electron chi connectivity index (χ3n) is 3.88. The highest BCUT2D eigenvalue weighted by atomic mass is 35.5. The Kier molecular flexibility index (Phi) is 6.72. The molecule has 2 aromatic carbocycles. The molecule has 0 aliphatic heterocycles. The van der Waals surface area contributed by atoms with Crippen LogP contribution in [0.5, 0.6) is 0 Å². The molecule has 0 saturated carbocycles. The lowest BCUT2D eigenvalue weighted by molar-refractivity contribution is -0.116. The van der Waals surface area contributed by atoms with Gasteiger partial charge < -0.3 is 5.32 Å². The molecule has 3 aromatic rings. The average molecular weight is 455 g/mol. The maximum Gasteiger partial charge on any atom is 0.226 e. The minimum atomic E-state index is -3.39. The molecule has 1 heterocycles. The SMILES string of the molecule is O=C(CCCS(=O)(=O)c1ccccc1)Nc1nc(-c2ccc(Cl)cc2Cl)cs1. The molecule has 3 rings (SSSR count). The van der Waals surface area contributed by atoms with Crippen LogP contribution in [-0.2, 0) is 14.6 Å². The van der Waals surface area contributed by atoms with E-state index in [1.807, 2.05) is 0 Å². The van der Waals surface area contributed by atoms with E-state index in [1.165, 1.54) is 11.3 Å². The number of hydrogen-bond donors (Lipinski definition) is 1. The highest BCUT2D eigenvalue weighted by Crippen LogP contribution is 2.32. The van der Waals surface area contributed by atoms with E-state index in [-0.39, 0.29) is 29.4 Å². The van der Waals surface area contributed by atoms with E-state index < -0.39 is 9.84 Å². The van der Waals surface area contributed by atoms with Gasteiger partial charge in [0.05, 0.1) is 21.4 Å². The van der Waals surface area contributed by atoms with Crippen LogP contribution in [0.4, 0.5) is 5.13 Å². The maximum atomic E-state index is 12.2. The lowest BCUT2D eigenvalue weighted by Gasteiger charge is -2.04. The van der Waals surface area contributed by atoms with E-state index >= 15 is 0 Å². The topological polar surface area (TPSA) is 76.1 Å². The molecule has 0 fully saturated rings. The molecular weight excluding hydrogens is 439 g/mol. The van der Waals surface area contributed by atoms with Crippen molar-refractivity contribution in [1.29, 1.82) is 0 Å². The predicted molar refractivity (Wildman–Crippen MR) is 114 cm³/mol. The number of anilines is 1. The zero-order valence-corrected chi connectivity index (χ0v) is 17.7. The van der Waals surface area contributed by atoms with E-state index in [9.17, 15) is 13.2 Å². The van der Waals surface area contributed by atoms with Crippen LogP contribution in [0.3, 0.4) is 0 Å². The minimum absolute atomic E-state index is 0.0860. The lowest BCUT2D eigenvalue weighted by Crippen LogP contribution is -2.14. The quantitative estimate of drug-likeness (QED) is 0.524. The Morgan fingerprint density at radius 1 is 1.11 bits per heavy atom. The van der Waals surface area contributed by atoms with Gasteiger partial charge in [-0.3, -0.25) is 4.79 Å². The number of aromatic nitrogens is 1. The molecule has 0 saturated heterocycles. The fourth-order valence-electron chi connectivity index (χ4n) is 2.50. The first-order chi connectivity index (χ1) is 13.3. The number of sulfone groups is 1. The summed E-state index contributed by atoms with van der Waals surface area (Å²) >= 11 is 13.3. The molecule has 1 N–H and O–H groups in total. The number of carbonyl (C=O) groups excluding carboxylic acids is 1. The maximum absolute atomic E-state index is 12.2. The second-order valence-electron chi connectivity index (χ2n) is 5.95. The zero-order valence-electron chi connectivity index (χ0n) is 14.6. The van der Waals surface area contributed by atoms with E-state index in [0.29, 0.717) is 20.9 Å². The van der Waals surface area contributed by atoms with Crippen molar-refractivity contribution in [3.63, 3.8) is 0 Å². The summed E-state index contributed by atoms with van der Waals surface area (Å²) in [5.74, 6) is -0.375. The van der Waals surface area contributed by atoms with Crippen molar-refractivity contribution in [1.82, 2.24) is 4.98 Å². The van der Waals surface area contributed by atoms with Crippen LogP contribution < -0.4 is 5.32 Å². The Morgan fingerprint density at radius 2 is 1.86 bits per heavy atom. The first-order valence-corrected chi connectivity index (χ1v) is 11.6. The Labute approximate surface area is 177 Å². The summed E-state index contributed by atoms with van der Waals surface area (Å²) in [7, 11) is -3.39. The Balaban J connectivity index is 1.55. The van der Waals surface area contributed by atoms with Crippen molar-refractivity contribution in [2.75, 3.05) is 11.1 Å². The van der Waals surface area contributed by atoms with E-state index in [2.05, 4.69) is 10.3 Å². The first-order valence-electron chi connectivity index (χ1n) is 8.34. The highest BCUT2D eigenvalue weighted by molar-refractivity contribution is 7.91. The van der Waals surface area contributed by atoms with Crippen molar-refractivity contribution in [2.24, 2.45) is 0 Å². The first kappa shape index (κ1) is 20.8. The van der Waals surface area contributed by atoms with Crippen LogP contribution in [0.15, 0.2) is 58.8 Å². The number of rotatable bonds is 7. The number of hydrogen-bond acceptors (Lipinski definition) is 5. The lowest BCUT2D eigenvalue weighted by atomic mass is 10.2. The largest absolute Gasteiger partial charge is 0.302 e. The number of carbonyl (C=O) groups is 1. The van der Waals surface area contributed by atoms with Gasteiger partial charge in [0.15, 0.2) is 15.0 Å². The van der Waals surface area contributed by atoms with Crippen LogP contribution in [0.2, 0.25) is 10.0 Å². The van der Waals surface area contributed by atoms with Crippen molar-refractivity contribution in [2.45, 2.75) is 17.7 Å². The highest BCUT2D eigenvalue weighted by Gasteiger charge is 2.15. The molecule has 5 nitrogen and oxygen atoms in total. The summed E-state index contributed by atoms with van der Waals surface area (Å²) < 4.78 is 24.4. The third kappa shape index (κ3) is 5.32. The normalized spacial score (nSPS) is 11.4. The van der Waals surface area contributed by atoms with Crippen molar-refractivity contribution < 1.29 is 13.2 Å². The number of benzene rings is 2. The summed E-state index contributed by atoms with van der Waals surface area (Å²) in [5.41, 5.74) is 1.35. The van der Waals surface area contributed by atoms with Gasteiger partial charge in [0.25, 0.3) is 0 Å². The molecule has 28 heavy (non-hydrogen) atoms. The van der Waals surface area contributed by atoms with Gasteiger partial charge in [-0.1, -0.05) is 41.4 Å². The van der Waals surface area contributed by atoms with Crippen LogP contribution in [0, 0.1) is 0 Å². The number of nitrogens with zero attached hydrogens (tertiary/aromatic N) is 1.